The molecule has 54 heavy (non-hydrogen) atoms. The molecule has 0 amide bonds. The highest BCUT2D eigenvalue weighted by Crippen LogP contribution is 2.30. The largest absolute Gasteiger partial charge is 0.276 e. The third-order valence-electron chi connectivity index (χ3n) is 10.0. The fourth-order valence-corrected chi connectivity index (χ4v) is 7.44. The molecule has 0 spiro atoms. The van der Waals surface area contributed by atoms with E-state index in [-0.39, 0.29) is 11.1 Å². The number of rotatable bonds is 5. The second kappa shape index (κ2) is 12.6. The summed E-state index contributed by atoms with van der Waals surface area (Å²) in [6.07, 6.45) is 0. The standard InChI is InChI=1S/C47H29N5O2/c53-46-39-18-6-4-14-35(39)37-16-8-10-20-41(37)51(46)33-26-22-31(23-27-33)44-48-43(30-12-2-1-3-13-30)49-45(50-44)32-24-28-34(29-25-32)52-42-21-11-9-17-38(42)36-15-5-7-19-40(36)47(52)54/h1-29H. The Morgan fingerprint density at radius 2 is 0.611 bits per heavy atom. The second-order valence-electron chi connectivity index (χ2n) is 13.2. The summed E-state index contributed by atoms with van der Waals surface area (Å²) in [5, 5.41) is 5.22. The molecule has 0 saturated carbocycles. The third kappa shape index (κ3) is 5.10. The predicted octanol–water partition coefficient (Wildman–Crippen LogP) is 9.79. The monoisotopic (exact) mass is 695 g/mol. The SMILES string of the molecule is O=c1c2ccccc2c2ccccc2n1-c1ccc(-c2nc(-c3ccccc3)nc(-c3ccc(-n4c(=O)c5ccccc5c5ccccc54)cc3)n2)cc1. The summed E-state index contributed by atoms with van der Waals surface area (Å²) in [5.74, 6) is 1.54. The molecule has 7 heteroatoms. The lowest BCUT2D eigenvalue weighted by Gasteiger charge is -2.14. The van der Waals surface area contributed by atoms with Gasteiger partial charge in [0.05, 0.1) is 11.0 Å². The number of aromatic nitrogens is 5. The first-order valence-corrected chi connectivity index (χ1v) is 17.7. The molecule has 0 aliphatic carbocycles. The molecule has 0 aliphatic rings. The van der Waals surface area contributed by atoms with Crippen molar-refractivity contribution in [3.63, 3.8) is 0 Å². The van der Waals surface area contributed by atoms with E-state index in [0.29, 0.717) is 28.2 Å². The van der Waals surface area contributed by atoms with Crippen molar-refractivity contribution in [1.29, 1.82) is 0 Å². The van der Waals surface area contributed by atoms with Crippen LogP contribution in [0.3, 0.4) is 0 Å². The Kier molecular flexibility index (Phi) is 7.30. The third-order valence-corrected chi connectivity index (χ3v) is 10.0. The summed E-state index contributed by atoms with van der Waals surface area (Å²) in [7, 11) is 0. The average molecular weight is 696 g/mol. The van der Waals surface area contributed by atoms with Gasteiger partial charge < -0.3 is 0 Å². The molecular formula is C47H29N5O2. The molecule has 0 saturated heterocycles. The zero-order chi connectivity index (χ0) is 36.2. The minimum absolute atomic E-state index is 0.0757. The molecule has 7 nitrogen and oxygen atoms in total. The maximum atomic E-state index is 13.9. The van der Waals surface area contributed by atoms with Gasteiger partial charge in [0.25, 0.3) is 11.1 Å². The molecular weight excluding hydrogens is 667 g/mol. The van der Waals surface area contributed by atoms with Gasteiger partial charge in [-0.3, -0.25) is 18.7 Å². The first kappa shape index (κ1) is 31.2. The van der Waals surface area contributed by atoms with Crippen LogP contribution in [-0.4, -0.2) is 24.1 Å². The van der Waals surface area contributed by atoms with Crippen LogP contribution in [0.5, 0.6) is 0 Å². The molecule has 0 radical (unpaired) electrons. The van der Waals surface area contributed by atoms with E-state index < -0.39 is 0 Å². The minimum atomic E-state index is -0.0757. The maximum absolute atomic E-state index is 13.9. The first-order chi connectivity index (χ1) is 26.6. The molecule has 10 aromatic rings. The van der Waals surface area contributed by atoms with Gasteiger partial charge >= 0.3 is 0 Å². The summed E-state index contributed by atoms with van der Waals surface area (Å²) in [6, 6.07) is 56.7. The predicted molar refractivity (Wildman–Crippen MR) is 217 cm³/mol. The fourth-order valence-electron chi connectivity index (χ4n) is 7.44. The summed E-state index contributed by atoms with van der Waals surface area (Å²) in [6.45, 7) is 0. The molecule has 0 N–H and O–H groups in total. The van der Waals surface area contributed by atoms with Crippen molar-refractivity contribution < 1.29 is 0 Å². The molecule has 7 aromatic carbocycles. The second-order valence-corrected chi connectivity index (χ2v) is 13.2. The maximum Gasteiger partial charge on any atom is 0.263 e. The highest BCUT2D eigenvalue weighted by molar-refractivity contribution is 6.07. The smallest absolute Gasteiger partial charge is 0.263 e. The fraction of sp³-hybridized carbons (Fsp3) is 0. The quantitative estimate of drug-likeness (QED) is 0.168. The van der Waals surface area contributed by atoms with Gasteiger partial charge in [-0.1, -0.05) is 103 Å². The lowest BCUT2D eigenvalue weighted by Crippen LogP contribution is -2.19. The van der Waals surface area contributed by atoms with E-state index in [9.17, 15) is 9.59 Å². The van der Waals surface area contributed by atoms with Crippen LogP contribution in [0.2, 0.25) is 0 Å². The lowest BCUT2D eigenvalue weighted by atomic mass is 10.1. The van der Waals surface area contributed by atoms with Crippen LogP contribution in [0.25, 0.3) is 88.9 Å². The van der Waals surface area contributed by atoms with Gasteiger partial charge in [-0.2, -0.15) is 0 Å². The number of para-hydroxylation sites is 2. The molecule has 0 fully saturated rings. The highest BCUT2D eigenvalue weighted by atomic mass is 16.1. The first-order valence-electron chi connectivity index (χ1n) is 17.7. The molecule has 3 aromatic heterocycles. The van der Waals surface area contributed by atoms with Crippen molar-refractivity contribution in [1.82, 2.24) is 24.1 Å². The van der Waals surface area contributed by atoms with Crippen molar-refractivity contribution >= 4 is 43.4 Å². The van der Waals surface area contributed by atoms with Crippen molar-refractivity contribution in [2.75, 3.05) is 0 Å². The van der Waals surface area contributed by atoms with Crippen LogP contribution in [0.15, 0.2) is 186 Å². The van der Waals surface area contributed by atoms with Crippen LogP contribution in [0.1, 0.15) is 0 Å². The summed E-state index contributed by atoms with van der Waals surface area (Å²) >= 11 is 0. The van der Waals surface area contributed by atoms with E-state index in [1.165, 1.54) is 0 Å². The number of nitrogens with zero attached hydrogens (tertiary/aromatic N) is 5. The van der Waals surface area contributed by atoms with Crippen LogP contribution < -0.4 is 11.1 Å². The van der Waals surface area contributed by atoms with Crippen molar-refractivity contribution in [2.45, 2.75) is 0 Å². The zero-order valence-corrected chi connectivity index (χ0v) is 28.8. The van der Waals surface area contributed by atoms with E-state index in [0.717, 1.165) is 60.6 Å². The zero-order valence-electron chi connectivity index (χ0n) is 28.8. The Morgan fingerprint density at radius 3 is 1.02 bits per heavy atom. The Balaban J connectivity index is 1.08. The van der Waals surface area contributed by atoms with E-state index in [1.807, 2.05) is 176 Å². The Labute approximate surface area is 308 Å². The van der Waals surface area contributed by atoms with Gasteiger partial charge in [0.1, 0.15) is 0 Å². The normalized spacial score (nSPS) is 11.5. The van der Waals surface area contributed by atoms with Crippen molar-refractivity contribution in [3.05, 3.63) is 197 Å². The topological polar surface area (TPSA) is 82.7 Å². The van der Waals surface area contributed by atoms with Gasteiger partial charge in [0.15, 0.2) is 17.5 Å². The molecule has 10 rings (SSSR count). The molecule has 0 atom stereocenters. The van der Waals surface area contributed by atoms with Gasteiger partial charge in [0.2, 0.25) is 0 Å². The number of hydrogen-bond donors (Lipinski definition) is 0. The molecule has 0 bridgehead atoms. The van der Waals surface area contributed by atoms with Crippen LogP contribution in [0.4, 0.5) is 0 Å². The summed E-state index contributed by atoms with van der Waals surface area (Å²) in [5.41, 5.74) is 5.44. The van der Waals surface area contributed by atoms with Gasteiger partial charge in [-0.15, -0.1) is 0 Å². The van der Waals surface area contributed by atoms with Gasteiger partial charge in [0, 0.05) is 49.6 Å². The lowest BCUT2D eigenvalue weighted by molar-refractivity contribution is 1.05. The van der Waals surface area contributed by atoms with E-state index in [1.54, 1.807) is 9.13 Å². The summed E-state index contributed by atoms with van der Waals surface area (Å²) < 4.78 is 3.53. The summed E-state index contributed by atoms with van der Waals surface area (Å²) in [4.78, 5) is 42.5. The Hall–Kier alpha value is -7.51. The van der Waals surface area contributed by atoms with E-state index >= 15 is 0 Å². The number of pyridine rings is 2. The van der Waals surface area contributed by atoms with Crippen LogP contribution in [0, 0.1) is 0 Å². The van der Waals surface area contributed by atoms with Gasteiger partial charge in [-0.25, -0.2) is 15.0 Å². The van der Waals surface area contributed by atoms with Gasteiger partial charge in [-0.05, 0) is 83.6 Å². The highest BCUT2D eigenvalue weighted by Gasteiger charge is 2.16. The minimum Gasteiger partial charge on any atom is -0.276 e. The van der Waals surface area contributed by atoms with Crippen LogP contribution >= 0.6 is 0 Å². The molecule has 3 heterocycles. The van der Waals surface area contributed by atoms with E-state index in [4.69, 9.17) is 15.0 Å². The van der Waals surface area contributed by atoms with Crippen molar-refractivity contribution in [2.24, 2.45) is 0 Å². The Morgan fingerprint density at radius 1 is 0.296 bits per heavy atom. The average Bonchev–Trinajstić information content (AvgIpc) is 3.24. The van der Waals surface area contributed by atoms with E-state index in [2.05, 4.69) is 0 Å². The Bertz CT molecular complexity index is 2990. The molecule has 254 valence electrons. The number of benzene rings is 7. The number of hydrogen-bond acceptors (Lipinski definition) is 5. The van der Waals surface area contributed by atoms with Crippen LogP contribution in [-0.2, 0) is 0 Å². The molecule has 0 unspecified atom stereocenters. The molecule has 0 aliphatic heterocycles. The van der Waals surface area contributed by atoms with Crippen molar-refractivity contribution in [3.8, 4) is 45.5 Å². The number of fused-ring (bicyclic) bond motifs is 6.